The average Bonchev–Trinajstić information content (AvgIpc) is 3.14. The van der Waals surface area contributed by atoms with Gasteiger partial charge in [0.15, 0.2) is 0 Å². The van der Waals surface area contributed by atoms with Gasteiger partial charge in [0, 0.05) is 12.6 Å². The maximum atomic E-state index is 11.8. The Labute approximate surface area is 171 Å². The fraction of sp³-hybridized carbons (Fsp3) is 0.783. The summed E-state index contributed by atoms with van der Waals surface area (Å²) in [5, 5.41) is 0. The van der Waals surface area contributed by atoms with Crippen molar-refractivity contribution in [1.29, 1.82) is 0 Å². The number of rotatable bonds is 18. The Bertz CT molecular complexity index is 499. The molecule has 0 amide bonds. The van der Waals surface area contributed by atoms with Gasteiger partial charge in [-0.25, -0.2) is 4.79 Å². The van der Waals surface area contributed by atoms with Crippen LogP contribution in [0.25, 0.3) is 0 Å². The molecular formula is C23H41NO4. The molecule has 1 aromatic heterocycles. The second-order valence-corrected chi connectivity index (χ2v) is 7.80. The Balaban J connectivity index is 1.95. The third-order valence-corrected chi connectivity index (χ3v) is 4.80. The van der Waals surface area contributed by atoms with Crippen molar-refractivity contribution >= 4 is 5.97 Å². The SMILES string of the molecule is CCCCCCCCCCCCCCOc1ccc(C(=O)OCCN(C)C)o1. The molecule has 1 heterocycles. The zero-order chi connectivity index (χ0) is 20.5. The molecule has 0 aliphatic carbocycles. The van der Waals surface area contributed by atoms with Crippen LogP contribution in [-0.2, 0) is 4.74 Å². The van der Waals surface area contributed by atoms with Gasteiger partial charge in [-0.1, -0.05) is 77.6 Å². The number of carbonyl (C=O) groups is 1. The topological polar surface area (TPSA) is 51.9 Å². The standard InChI is InChI=1S/C23H41NO4/c1-4-5-6-7-8-9-10-11-12-13-14-15-19-26-22-17-16-21(28-22)23(25)27-20-18-24(2)3/h16-17H,4-15,18-20H2,1-3H3. The third kappa shape index (κ3) is 12.8. The first-order chi connectivity index (χ1) is 13.6. The minimum Gasteiger partial charge on any atom is -0.465 e. The smallest absolute Gasteiger partial charge is 0.374 e. The summed E-state index contributed by atoms with van der Waals surface area (Å²) < 4.78 is 16.1. The molecule has 162 valence electrons. The molecule has 0 aliphatic rings. The van der Waals surface area contributed by atoms with E-state index in [-0.39, 0.29) is 5.76 Å². The quantitative estimate of drug-likeness (QED) is 0.223. The largest absolute Gasteiger partial charge is 0.465 e. The number of likely N-dealkylation sites (N-methyl/N-ethyl adjacent to an activating group) is 1. The molecule has 0 aliphatic heterocycles. The van der Waals surface area contributed by atoms with Crippen molar-refractivity contribution < 1.29 is 18.7 Å². The van der Waals surface area contributed by atoms with E-state index >= 15 is 0 Å². The van der Waals surface area contributed by atoms with E-state index in [1.54, 1.807) is 12.1 Å². The number of furan rings is 1. The summed E-state index contributed by atoms with van der Waals surface area (Å²) in [6.07, 6.45) is 15.8. The number of ether oxygens (including phenoxy) is 2. The maximum absolute atomic E-state index is 11.8. The van der Waals surface area contributed by atoms with Crippen molar-refractivity contribution in [2.24, 2.45) is 0 Å². The van der Waals surface area contributed by atoms with Crippen LogP contribution in [0.5, 0.6) is 5.95 Å². The van der Waals surface area contributed by atoms with Crippen LogP contribution in [0.3, 0.4) is 0 Å². The highest BCUT2D eigenvalue weighted by Gasteiger charge is 2.13. The van der Waals surface area contributed by atoms with Crippen LogP contribution >= 0.6 is 0 Å². The van der Waals surface area contributed by atoms with Crippen LogP contribution in [0.4, 0.5) is 0 Å². The first-order valence-corrected chi connectivity index (χ1v) is 11.2. The van der Waals surface area contributed by atoms with Gasteiger partial charge in [-0.3, -0.25) is 0 Å². The van der Waals surface area contributed by atoms with Gasteiger partial charge in [0.05, 0.1) is 6.61 Å². The number of unbranched alkanes of at least 4 members (excludes halogenated alkanes) is 11. The Morgan fingerprint density at radius 2 is 1.43 bits per heavy atom. The lowest BCUT2D eigenvalue weighted by Gasteiger charge is -2.08. The predicted molar refractivity (Wildman–Crippen MR) is 114 cm³/mol. The van der Waals surface area contributed by atoms with E-state index in [4.69, 9.17) is 13.9 Å². The molecule has 0 fully saturated rings. The van der Waals surface area contributed by atoms with Gasteiger partial charge in [0.25, 0.3) is 5.95 Å². The molecule has 0 spiro atoms. The zero-order valence-electron chi connectivity index (χ0n) is 18.3. The number of nitrogens with zero attached hydrogens (tertiary/aromatic N) is 1. The highest BCUT2D eigenvalue weighted by atomic mass is 16.6. The Morgan fingerprint density at radius 1 is 0.857 bits per heavy atom. The molecule has 1 aromatic rings. The second-order valence-electron chi connectivity index (χ2n) is 7.80. The third-order valence-electron chi connectivity index (χ3n) is 4.80. The molecule has 5 heteroatoms. The van der Waals surface area contributed by atoms with E-state index in [2.05, 4.69) is 6.92 Å². The molecule has 0 aromatic carbocycles. The molecule has 0 N–H and O–H groups in total. The lowest BCUT2D eigenvalue weighted by atomic mass is 10.1. The van der Waals surface area contributed by atoms with Crippen molar-refractivity contribution in [1.82, 2.24) is 4.90 Å². The molecule has 0 unspecified atom stereocenters. The lowest BCUT2D eigenvalue weighted by Crippen LogP contribution is -2.19. The van der Waals surface area contributed by atoms with E-state index < -0.39 is 5.97 Å². The maximum Gasteiger partial charge on any atom is 0.374 e. The van der Waals surface area contributed by atoms with Crippen LogP contribution in [0.2, 0.25) is 0 Å². The van der Waals surface area contributed by atoms with Crippen molar-refractivity contribution in [2.45, 2.75) is 84.0 Å². The fourth-order valence-electron chi connectivity index (χ4n) is 3.02. The number of esters is 1. The minimum atomic E-state index is -0.443. The molecule has 0 radical (unpaired) electrons. The van der Waals surface area contributed by atoms with Gasteiger partial charge in [0.2, 0.25) is 5.76 Å². The van der Waals surface area contributed by atoms with Crippen LogP contribution in [0, 0.1) is 0 Å². The molecule has 5 nitrogen and oxygen atoms in total. The summed E-state index contributed by atoms with van der Waals surface area (Å²) in [6, 6.07) is 3.29. The van der Waals surface area contributed by atoms with Gasteiger partial charge >= 0.3 is 5.97 Å². The van der Waals surface area contributed by atoms with Gasteiger partial charge < -0.3 is 18.8 Å². The second kappa shape index (κ2) is 16.5. The van der Waals surface area contributed by atoms with E-state index in [0.717, 1.165) is 6.42 Å². The van der Waals surface area contributed by atoms with Crippen molar-refractivity contribution in [3.05, 3.63) is 17.9 Å². The lowest BCUT2D eigenvalue weighted by molar-refractivity contribution is 0.0438. The monoisotopic (exact) mass is 395 g/mol. The van der Waals surface area contributed by atoms with Crippen LogP contribution in [-0.4, -0.2) is 44.7 Å². The van der Waals surface area contributed by atoms with Crippen molar-refractivity contribution in [3.63, 3.8) is 0 Å². The summed E-state index contributed by atoms with van der Waals surface area (Å²) in [5.41, 5.74) is 0. The highest BCUT2D eigenvalue weighted by molar-refractivity contribution is 5.86. The van der Waals surface area contributed by atoms with Gasteiger partial charge in [0.1, 0.15) is 6.61 Å². The highest BCUT2D eigenvalue weighted by Crippen LogP contribution is 2.18. The number of hydrogen-bond donors (Lipinski definition) is 0. The first kappa shape index (κ1) is 24.5. The molecule has 28 heavy (non-hydrogen) atoms. The summed E-state index contributed by atoms with van der Waals surface area (Å²) in [6.45, 7) is 3.93. The minimum absolute atomic E-state index is 0.198. The Kier molecular flexibility index (Phi) is 14.4. The van der Waals surface area contributed by atoms with Crippen LogP contribution in [0.15, 0.2) is 16.5 Å². The van der Waals surface area contributed by atoms with E-state index in [1.165, 1.54) is 70.6 Å². The fourth-order valence-corrected chi connectivity index (χ4v) is 3.02. The predicted octanol–water partition coefficient (Wildman–Crippen LogP) is 6.08. The summed E-state index contributed by atoms with van der Waals surface area (Å²) in [7, 11) is 3.87. The summed E-state index contributed by atoms with van der Waals surface area (Å²) in [5.74, 6) is 0.146. The normalized spacial score (nSPS) is 11.1. The average molecular weight is 396 g/mol. The van der Waals surface area contributed by atoms with Gasteiger partial charge in [-0.05, 0) is 26.6 Å². The summed E-state index contributed by atoms with van der Waals surface area (Å²) >= 11 is 0. The van der Waals surface area contributed by atoms with Crippen LogP contribution < -0.4 is 4.74 Å². The summed E-state index contributed by atoms with van der Waals surface area (Å²) in [4.78, 5) is 13.8. The van der Waals surface area contributed by atoms with Crippen molar-refractivity contribution in [3.8, 4) is 5.95 Å². The van der Waals surface area contributed by atoms with Gasteiger partial charge in [-0.15, -0.1) is 0 Å². The van der Waals surface area contributed by atoms with Crippen LogP contribution in [0.1, 0.15) is 94.5 Å². The Morgan fingerprint density at radius 3 is 2.00 bits per heavy atom. The van der Waals surface area contributed by atoms with E-state index in [0.29, 0.717) is 25.7 Å². The molecular weight excluding hydrogens is 354 g/mol. The molecule has 1 rings (SSSR count). The van der Waals surface area contributed by atoms with E-state index in [9.17, 15) is 4.79 Å². The molecule has 0 atom stereocenters. The van der Waals surface area contributed by atoms with E-state index in [1.807, 2.05) is 19.0 Å². The molecule has 0 saturated heterocycles. The molecule has 0 saturated carbocycles. The first-order valence-electron chi connectivity index (χ1n) is 11.2. The number of carbonyl (C=O) groups excluding carboxylic acids is 1. The zero-order valence-corrected chi connectivity index (χ0v) is 18.3. The van der Waals surface area contributed by atoms with Crippen molar-refractivity contribution in [2.75, 3.05) is 33.9 Å². The van der Waals surface area contributed by atoms with Gasteiger partial charge in [-0.2, -0.15) is 0 Å². The number of hydrogen-bond acceptors (Lipinski definition) is 5. The Hall–Kier alpha value is -1.49. The molecule has 0 bridgehead atoms.